The average Bonchev–Trinajstić information content (AvgIpc) is 3.37. The van der Waals surface area contributed by atoms with Gasteiger partial charge in [-0.05, 0) is 55.4 Å². The molecule has 3 heterocycles. The smallest absolute Gasteiger partial charge is 0.283 e. The van der Waals surface area contributed by atoms with Crippen molar-refractivity contribution in [2.75, 3.05) is 7.11 Å². The first kappa shape index (κ1) is 21.0. The van der Waals surface area contributed by atoms with Gasteiger partial charge in [0.15, 0.2) is 5.84 Å². The van der Waals surface area contributed by atoms with E-state index in [1.807, 2.05) is 74.5 Å². The van der Waals surface area contributed by atoms with Crippen molar-refractivity contribution in [1.29, 1.82) is 5.41 Å². The van der Waals surface area contributed by atoms with Crippen LogP contribution in [0.1, 0.15) is 22.5 Å². The maximum absolute atomic E-state index is 12.9. The number of ether oxygens (including phenoxy) is 1. The number of amidine groups is 2. The van der Waals surface area contributed by atoms with E-state index in [0.717, 1.165) is 34.0 Å². The van der Waals surface area contributed by atoms with Gasteiger partial charge < -0.3 is 9.30 Å². The van der Waals surface area contributed by atoms with E-state index < -0.39 is 5.91 Å². The molecule has 1 amide bonds. The van der Waals surface area contributed by atoms with E-state index in [2.05, 4.69) is 14.7 Å². The van der Waals surface area contributed by atoms with Crippen LogP contribution < -0.4 is 4.74 Å². The standard InChI is InChI=1S/C25H21N5O2S/c1-15-13-18(16(2)29(15)20-11-7-8-12-21(20)32-3)14-19-22(26)30-25(27-23(19)31)33-24(28-30)17-9-5-4-6-10-17/h4-14,26H,1-3H3/b19-14-,26-22?. The molecule has 1 aromatic heterocycles. The Hall–Kier alpha value is -3.91. The molecular weight excluding hydrogens is 434 g/mol. The van der Waals surface area contributed by atoms with Crippen LogP contribution in [0.2, 0.25) is 0 Å². The minimum atomic E-state index is -0.439. The second kappa shape index (κ2) is 8.22. The van der Waals surface area contributed by atoms with Crippen LogP contribution in [0, 0.1) is 19.3 Å². The summed E-state index contributed by atoms with van der Waals surface area (Å²) in [7, 11) is 1.64. The zero-order valence-corrected chi connectivity index (χ0v) is 19.2. The Bertz CT molecular complexity index is 1390. The average molecular weight is 456 g/mol. The summed E-state index contributed by atoms with van der Waals surface area (Å²) in [6.07, 6.45) is 1.72. The first-order chi connectivity index (χ1) is 16.0. The number of aromatic nitrogens is 1. The summed E-state index contributed by atoms with van der Waals surface area (Å²) >= 11 is 1.29. The van der Waals surface area contributed by atoms with Crippen molar-refractivity contribution in [3.8, 4) is 11.4 Å². The van der Waals surface area contributed by atoms with Crippen molar-refractivity contribution in [2.45, 2.75) is 13.8 Å². The van der Waals surface area contributed by atoms with Gasteiger partial charge in [-0.25, -0.2) is 0 Å². The largest absolute Gasteiger partial charge is 0.495 e. The predicted octanol–water partition coefficient (Wildman–Crippen LogP) is 4.77. The van der Waals surface area contributed by atoms with E-state index in [1.54, 1.807) is 13.2 Å². The van der Waals surface area contributed by atoms with Crippen LogP contribution in [0.5, 0.6) is 5.75 Å². The molecule has 2 aromatic carbocycles. The minimum Gasteiger partial charge on any atom is -0.495 e. The van der Waals surface area contributed by atoms with E-state index in [0.29, 0.717) is 10.2 Å². The van der Waals surface area contributed by atoms with Gasteiger partial charge in [0.25, 0.3) is 5.91 Å². The number of methoxy groups -OCH3 is 1. The monoisotopic (exact) mass is 455 g/mol. The van der Waals surface area contributed by atoms with Crippen LogP contribution >= 0.6 is 11.8 Å². The molecule has 0 unspecified atom stereocenters. The zero-order chi connectivity index (χ0) is 23.1. The topological polar surface area (TPSA) is 83.0 Å². The Morgan fingerprint density at radius 1 is 1.06 bits per heavy atom. The van der Waals surface area contributed by atoms with Gasteiger partial charge in [-0.3, -0.25) is 10.2 Å². The third-order valence-corrected chi connectivity index (χ3v) is 6.53. The Morgan fingerprint density at radius 2 is 1.79 bits per heavy atom. The lowest BCUT2D eigenvalue weighted by molar-refractivity contribution is -0.114. The highest BCUT2D eigenvalue weighted by atomic mass is 32.2. The second-order valence-electron chi connectivity index (χ2n) is 7.62. The van der Waals surface area contributed by atoms with Gasteiger partial charge in [-0.2, -0.15) is 15.1 Å². The van der Waals surface area contributed by atoms with Crippen LogP contribution in [0.4, 0.5) is 0 Å². The summed E-state index contributed by atoms with van der Waals surface area (Å²) in [5, 5.41) is 15.8. The number of aliphatic imine (C=N–C) groups is 1. The third kappa shape index (κ3) is 3.58. The van der Waals surface area contributed by atoms with E-state index >= 15 is 0 Å². The Kier molecular flexibility index (Phi) is 5.22. The molecule has 33 heavy (non-hydrogen) atoms. The highest BCUT2D eigenvalue weighted by Gasteiger charge is 2.36. The summed E-state index contributed by atoms with van der Waals surface area (Å²) in [6.45, 7) is 3.98. The molecule has 0 fully saturated rings. The summed E-state index contributed by atoms with van der Waals surface area (Å²) in [4.78, 5) is 17.1. The van der Waals surface area contributed by atoms with Crippen molar-refractivity contribution in [3.05, 3.63) is 88.8 Å². The molecular formula is C25H21N5O2S. The lowest BCUT2D eigenvalue weighted by atomic mass is 10.1. The molecule has 0 radical (unpaired) electrons. The summed E-state index contributed by atoms with van der Waals surface area (Å²) in [6, 6.07) is 19.5. The maximum Gasteiger partial charge on any atom is 0.283 e. The summed E-state index contributed by atoms with van der Waals surface area (Å²) in [5.74, 6) is 0.335. The number of hydrogen-bond donors (Lipinski definition) is 1. The zero-order valence-electron chi connectivity index (χ0n) is 18.4. The number of fused-ring (bicyclic) bond motifs is 1. The van der Waals surface area contributed by atoms with Gasteiger partial charge in [0.1, 0.15) is 10.8 Å². The lowest BCUT2D eigenvalue weighted by Gasteiger charge is -2.20. The van der Waals surface area contributed by atoms with Crippen molar-refractivity contribution < 1.29 is 9.53 Å². The molecule has 7 nitrogen and oxygen atoms in total. The van der Waals surface area contributed by atoms with Crippen LogP contribution in [0.3, 0.4) is 0 Å². The highest BCUT2D eigenvalue weighted by molar-refractivity contribution is 8.27. The van der Waals surface area contributed by atoms with Crippen molar-refractivity contribution in [1.82, 2.24) is 9.58 Å². The van der Waals surface area contributed by atoms with Gasteiger partial charge in [0, 0.05) is 17.0 Å². The molecule has 8 heteroatoms. The van der Waals surface area contributed by atoms with E-state index in [-0.39, 0.29) is 11.4 Å². The van der Waals surface area contributed by atoms with E-state index in [1.165, 1.54) is 16.8 Å². The molecule has 0 spiro atoms. The molecule has 0 bridgehead atoms. The first-order valence-electron chi connectivity index (χ1n) is 10.4. The van der Waals surface area contributed by atoms with Crippen molar-refractivity contribution >= 4 is 39.8 Å². The molecule has 3 aromatic rings. The fourth-order valence-corrected chi connectivity index (χ4v) is 4.86. The van der Waals surface area contributed by atoms with Gasteiger partial charge in [-0.1, -0.05) is 42.5 Å². The Balaban J connectivity index is 1.53. The van der Waals surface area contributed by atoms with Crippen LogP contribution in [0.15, 0.2) is 76.3 Å². The molecule has 0 aliphatic carbocycles. The minimum absolute atomic E-state index is 0.0190. The number of carbonyl (C=O) groups excluding carboxylic acids is 1. The van der Waals surface area contributed by atoms with E-state index in [9.17, 15) is 4.79 Å². The molecule has 2 aliphatic rings. The number of nitrogens with zero attached hydrogens (tertiary/aromatic N) is 4. The van der Waals surface area contributed by atoms with Gasteiger partial charge in [0.2, 0.25) is 5.17 Å². The maximum atomic E-state index is 12.9. The van der Waals surface area contributed by atoms with E-state index in [4.69, 9.17) is 10.1 Å². The predicted molar refractivity (Wildman–Crippen MR) is 132 cm³/mol. The van der Waals surface area contributed by atoms with Crippen LogP contribution in [0.25, 0.3) is 11.8 Å². The molecule has 2 aliphatic heterocycles. The SMILES string of the molecule is COc1ccccc1-n1c(C)cc(/C=C2/C(=N)N3N=C(c4ccccc4)SC3=NC2=O)c1C. The van der Waals surface area contributed by atoms with Gasteiger partial charge in [0.05, 0.1) is 18.4 Å². The number of benzene rings is 2. The second-order valence-corrected chi connectivity index (χ2v) is 8.58. The number of hydrazone groups is 1. The fraction of sp³-hybridized carbons (Fsp3) is 0.120. The molecule has 0 saturated heterocycles. The summed E-state index contributed by atoms with van der Waals surface area (Å²) < 4.78 is 7.61. The normalized spacial score (nSPS) is 16.7. The van der Waals surface area contributed by atoms with Gasteiger partial charge in [-0.15, -0.1) is 0 Å². The van der Waals surface area contributed by atoms with Crippen molar-refractivity contribution in [2.24, 2.45) is 10.1 Å². The third-order valence-electron chi connectivity index (χ3n) is 5.57. The number of rotatable bonds is 4. The van der Waals surface area contributed by atoms with Crippen molar-refractivity contribution in [3.63, 3.8) is 0 Å². The molecule has 0 saturated carbocycles. The number of aryl methyl sites for hydroxylation is 1. The number of para-hydroxylation sites is 2. The number of carbonyl (C=O) groups is 1. The molecule has 0 atom stereocenters. The molecule has 1 N–H and O–H groups in total. The highest BCUT2D eigenvalue weighted by Crippen LogP contribution is 2.32. The summed E-state index contributed by atoms with van der Waals surface area (Å²) in [5.41, 5.74) is 4.80. The van der Waals surface area contributed by atoms with Crippen LogP contribution in [-0.2, 0) is 4.79 Å². The lowest BCUT2D eigenvalue weighted by Crippen LogP contribution is -2.35. The molecule has 5 rings (SSSR count). The number of thioether (sulfide) groups is 1. The number of hydrogen-bond acceptors (Lipinski definition) is 5. The van der Waals surface area contributed by atoms with Crippen LogP contribution in [-0.4, -0.2) is 38.6 Å². The number of amides is 1. The quantitative estimate of drug-likeness (QED) is 0.575. The number of nitrogens with one attached hydrogen (secondary N) is 1. The fourth-order valence-electron chi connectivity index (χ4n) is 3.96. The van der Waals surface area contributed by atoms with Gasteiger partial charge >= 0.3 is 0 Å². The Morgan fingerprint density at radius 3 is 2.55 bits per heavy atom. The molecule has 164 valence electrons. The first-order valence-corrected chi connectivity index (χ1v) is 11.2. The Labute approximate surface area is 195 Å².